The third kappa shape index (κ3) is 4.97. The number of piperazine rings is 1. The van der Waals surface area contributed by atoms with Crippen molar-refractivity contribution in [3.8, 4) is 0 Å². The first kappa shape index (κ1) is 23.5. The normalized spacial score (nSPS) is 15.1. The van der Waals surface area contributed by atoms with Crippen molar-refractivity contribution < 1.29 is 28.5 Å². The van der Waals surface area contributed by atoms with Crippen molar-refractivity contribution in [3.05, 3.63) is 78.3 Å². The van der Waals surface area contributed by atoms with E-state index in [1.165, 1.54) is 47.8 Å². The minimum atomic E-state index is -3.82. The second-order valence-electron chi connectivity index (χ2n) is 7.55. The van der Waals surface area contributed by atoms with Gasteiger partial charge in [0.25, 0.3) is 15.9 Å². The van der Waals surface area contributed by atoms with Gasteiger partial charge in [0.1, 0.15) is 12.1 Å². The lowest BCUT2D eigenvalue weighted by atomic mass is 10.1. The van der Waals surface area contributed by atoms with Gasteiger partial charge in [0.15, 0.2) is 17.7 Å². The van der Waals surface area contributed by atoms with Gasteiger partial charge in [-0.3, -0.25) is 9.52 Å². The summed E-state index contributed by atoms with van der Waals surface area (Å²) in [5.41, 5.74) is 0.351. The average molecular weight is 492 g/mol. The van der Waals surface area contributed by atoms with Crippen molar-refractivity contribution in [3.63, 3.8) is 0 Å². The van der Waals surface area contributed by atoms with E-state index < -0.39 is 39.2 Å². The van der Waals surface area contributed by atoms with Crippen molar-refractivity contribution in [2.75, 3.05) is 35.8 Å². The first-order valence-corrected chi connectivity index (χ1v) is 11.8. The summed E-state index contributed by atoms with van der Waals surface area (Å²) in [6.07, 6.45) is 0.861. The van der Waals surface area contributed by atoms with E-state index >= 15 is 0 Å². The van der Waals surface area contributed by atoms with E-state index in [-0.39, 0.29) is 25.2 Å². The van der Waals surface area contributed by atoms with Crippen molar-refractivity contribution in [2.45, 2.75) is 11.0 Å². The average Bonchev–Trinajstić information content (AvgIpc) is 2.85. The summed E-state index contributed by atoms with van der Waals surface area (Å²) in [6.45, 7) is 1.33. The fourth-order valence-electron chi connectivity index (χ4n) is 3.61. The second-order valence-corrected chi connectivity index (χ2v) is 9.23. The predicted molar refractivity (Wildman–Crippen MR) is 122 cm³/mol. The first-order chi connectivity index (χ1) is 16.3. The Labute approximate surface area is 196 Å². The molecule has 1 aromatic heterocycles. The Hall–Kier alpha value is -3.64. The molecule has 0 spiro atoms. The molecule has 12 heteroatoms. The lowest BCUT2D eigenvalue weighted by Crippen LogP contribution is -2.50. The van der Waals surface area contributed by atoms with Crippen LogP contribution in [0.3, 0.4) is 0 Å². The number of halogens is 2. The predicted octanol–water partition coefficient (Wildman–Crippen LogP) is 2.18. The molecule has 1 unspecified atom stereocenters. The number of rotatable bonds is 6. The zero-order chi connectivity index (χ0) is 24.3. The van der Waals surface area contributed by atoms with Crippen molar-refractivity contribution in [1.29, 1.82) is 0 Å². The van der Waals surface area contributed by atoms with Gasteiger partial charge in [0.2, 0.25) is 0 Å². The Bertz CT molecular complexity index is 1270. The zero-order valence-electron chi connectivity index (χ0n) is 17.8. The number of benzene rings is 2. The van der Waals surface area contributed by atoms with Gasteiger partial charge in [-0.25, -0.2) is 27.2 Å². The molecule has 9 nitrogen and oxygen atoms in total. The van der Waals surface area contributed by atoms with Gasteiger partial charge in [0.05, 0.1) is 4.90 Å². The summed E-state index contributed by atoms with van der Waals surface area (Å²) in [5, 5.41) is 10.3. The van der Waals surface area contributed by atoms with E-state index in [1.807, 2.05) is 4.90 Å². The highest BCUT2D eigenvalue weighted by molar-refractivity contribution is 7.92. The van der Waals surface area contributed by atoms with Crippen LogP contribution in [0.1, 0.15) is 13.1 Å². The molecule has 2 N–H and O–H groups in total. The SMILES string of the molecule is O=C(C(O)c1cccc(F)c1F)N1CCN(c2ccc(S(=O)(=O)Nc3ccncn3)cc2)CC1.[HH]. The Kier molecular flexibility index (Phi) is 6.70. The van der Waals surface area contributed by atoms with E-state index in [2.05, 4.69) is 14.7 Å². The molecule has 4 rings (SSSR count). The van der Waals surface area contributed by atoms with Crippen LogP contribution >= 0.6 is 0 Å². The molecule has 1 saturated heterocycles. The van der Waals surface area contributed by atoms with Gasteiger partial charge < -0.3 is 14.9 Å². The van der Waals surface area contributed by atoms with Crippen LogP contribution in [0.25, 0.3) is 0 Å². The van der Waals surface area contributed by atoms with Crippen LogP contribution in [0.15, 0.2) is 66.0 Å². The van der Waals surface area contributed by atoms with Gasteiger partial charge in [-0.15, -0.1) is 0 Å². The lowest BCUT2D eigenvalue weighted by molar-refractivity contribution is -0.141. The highest BCUT2D eigenvalue weighted by atomic mass is 32.2. The molecule has 2 heterocycles. The van der Waals surface area contributed by atoms with Gasteiger partial charge in [-0.05, 0) is 36.4 Å². The highest BCUT2D eigenvalue weighted by Crippen LogP contribution is 2.24. The Balaban J connectivity index is 0.00000342. The van der Waals surface area contributed by atoms with Crippen LogP contribution in [-0.4, -0.2) is 60.5 Å². The molecular weight excluding hydrogens is 468 g/mol. The Morgan fingerprint density at radius 2 is 1.76 bits per heavy atom. The number of aliphatic hydroxyl groups excluding tert-OH is 1. The second kappa shape index (κ2) is 9.69. The van der Waals surface area contributed by atoms with Gasteiger partial charge in [-0.2, -0.15) is 0 Å². The number of carbonyl (C=O) groups is 1. The number of nitrogens with one attached hydrogen (secondary N) is 1. The third-order valence-corrected chi connectivity index (χ3v) is 6.81. The van der Waals surface area contributed by atoms with Crippen LogP contribution in [0.4, 0.5) is 20.3 Å². The van der Waals surface area contributed by atoms with Crippen LogP contribution in [0.2, 0.25) is 0 Å². The van der Waals surface area contributed by atoms with Crippen molar-refractivity contribution >= 4 is 27.4 Å². The van der Waals surface area contributed by atoms with E-state index in [4.69, 9.17) is 0 Å². The van der Waals surface area contributed by atoms with Crippen LogP contribution in [-0.2, 0) is 14.8 Å². The fraction of sp³-hybridized carbons (Fsp3) is 0.227. The number of sulfonamides is 1. The molecule has 3 aromatic rings. The van der Waals surface area contributed by atoms with Crippen LogP contribution in [0, 0.1) is 11.6 Å². The zero-order valence-corrected chi connectivity index (χ0v) is 18.6. The largest absolute Gasteiger partial charge is 0.378 e. The standard InChI is InChI=1S/C22H21F2N5O4S.H2/c23-18-3-1-2-17(20(18)24)21(30)22(31)29-12-10-28(11-13-29)15-4-6-16(7-5-15)34(32,33)27-19-8-9-25-14-26-19;/h1-9,14,21,30H,10-13H2,(H,25,26,27);1H. The molecule has 0 aliphatic carbocycles. The number of hydrogen-bond acceptors (Lipinski definition) is 7. The number of aromatic nitrogens is 2. The minimum absolute atomic E-state index is 0. The molecule has 0 saturated carbocycles. The summed E-state index contributed by atoms with van der Waals surface area (Å²) in [6, 6.07) is 11.0. The first-order valence-electron chi connectivity index (χ1n) is 10.3. The maximum absolute atomic E-state index is 13.9. The summed E-state index contributed by atoms with van der Waals surface area (Å²) >= 11 is 0. The number of carbonyl (C=O) groups excluding carboxylic acids is 1. The summed E-state index contributed by atoms with van der Waals surface area (Å²) in [4.78, 5) is 23.6. The highest BCUT2D eigenvalue weighted by Gasteiger charge is 2.29. The minimum Gasteiger partial charge on any atom is -0.378 e. The number of aliphatic hydroxyl groups is 1. The number of anilines is 2. The van der Waals surface area contributed by atoms with Gasteiger partial charge >= 0.3 is 0 Å². The smallest absolute Gasteiger partial charge is 0.263 e. The Morgan fingerprint density at radius 1 is 1.06 bits per heavy atom. The molecule has 1 aliphatic rings. The Morgan fingerprint density at radius 3 is 2.41 bits per heavy atom. The monoisotopic (exact) mass is 491 g/mol. The molecule has 1 amide bonds. The molecule has 1 fully saturated rings. The molecule has 1 atom stereocenters. The third-order valence-electron chi connectivity index (χ3n) is 5.43. The summed E-state index contributed by atoms with van der Waals surface area (Å²) in [5.74, 6) is -2.93. The maximum atomic E-state index is 13.9. The fourth-order valence-corrected chi connectivity index (χ4v) is 4.61. The van der Waals surface area contributed by atoms with E-state index in [0.717, 1.165) is 11.8 Å². The van der Waals surface area contributed by atoms with Gasteiger partial charge in [0, 0.05) is 45.1 Å². The summed E-state index contributed by atoms with van der Waals surface area (Å²) < 4.78 is 54.8. The quantitative estimate of drug-likeness (QED) is 0.543. The summed E-state index contributed by atoms with van der Waals surface area (Å²) in [7, 11) is -3.82. The van der Waals surface area contributed by atoms with Crippen molar-refractivity contribution in [2.24, 2.45) is 0 Å². The lowest BCUT2D eigenvalue weighted by Gasteiger charge is -2.37. The number of nitrogens with zero attached hydrogens (tertiary/aromatic N) is 4. The molecule has 180 valence electrons. The molecular formula is C22H23F2N5O4S. The van der Waals surface area contributed by atoms with Crippen LogP contribution in [0.5, 0.6) is 0 Å². The van der Waals surface area contributed by atoms with E-state index in [1.54, 1.807) is 12.1 Å². The van der Waals surface area contributed by atoms with E-state index in [9.17, 15) is 27.1 Å². The maximum Gasteiger partial charge on any atom is 0.263 e. The molecule has 0 radical (unpaired) electrons. The van der Waals surface area contributed by atoms with Crippen molar-refractivity contribution in [1.82, 2.24) is 14.9 Å². The molecule has 34 heavy (non-hydrogen) atoms. The number of amides is 1. The molecule has 1 aliphatic heterocycles. The van der Waals surface area contributed by atoms with E-state index in [0.29, 0.717) is 13.1 Å². The molecule has 0 bridgehead atoms. The number of hydrogen-bond donors (Lipinski definition) is 2. The molecule has 2 aromatic carbocycles. The van der Waals surface area contributed by atoms with Gasteiger partial charge in [-0.1, -0.05) is 12.1 Å². The topological polar surface area (TPSA) is 116 Å². The van der Waals surface area contributed by atoms with Crippen LogP contribution < -0.4 is 9.62 Å².